The zero-order valence-corrected chi connectivity index (χ0v) is 10.6. The number of benzene rings is 1. The molecule has 0 spiro atoms. The van der Waals surface area contributed by atoms with Crippen LogP contribution in [0.15, 0.2) is 24.4 Å². The van der Waals surface area contributed by atoms with Crippen LogP contribution in [-0.4, -0.2) is 15.8 Å². The van der Waals surface area contributed by atoms with Crippen molar-refractivity contribution in [3.8, 4) is 5.69 Å². The Bertz CT molecular complexity index is 555. The number of hydrogen-bond acceptors (Lipinski definition) is 2. The van der Waals surface area contributed by atoms with Gasteiger partial charge in [-0.15, -0.1) is 0 Å². The van der Waals surface area contributed by atoms with Crippen molar-refractivity contribution in [2.45, 2.75) is 26.4 Å². The molecule has 0 fully saturated rings. The van der Waals surface area contributed by atoms with Gasteiger partial charge in [0.1, 0.15) is 0 Å². The van der Waals surface area contributed by atoms with E-state index in [1.807, 2.05) is 13.8 Å². The minimum Gasteiger partial charge on any atom is -0.309 e. The lowest BCUT2D eigenvalue weighted by Gasteiger charge is -2.05. The molecule has 1 aromatic heterocycles. The Morgan fingerprint density at radius 2 is 1.84 bits per heavy atom. The van der Waals surface area contributed by atoms with Crippen molar-refractivity contribution in [3.63, 3.8) is 0 Å². The molecule has 0 aliphatic carbocycles. The maximum atomic E-state index is 13.1. The van der Waals surface area contributed by atoms with E-state index in [9.17, 15) is 13.2 Å². The van der Waals surface area contributed by atoms with Gasteiger partial charge >= 0.3 is 0 Å². The molecule has 0 aliphatic rings. The van der Waals surface area contributed by atoms with Gasteiger partial charge in [0, 0.05) is 30.9 Å². The smallest absolute Gasteiger partial charge is 0.194 e. The molecule has 1 aromatic carbocycles. The van der Waals surface area contributed by atoms with E-state index in [0.717, 1.165) is 17.8 Å². The molecule has 0 bridgehead atoms. The molecule has 0 atom stereocenters. The molecule has 0 saturated carbocycles. The van der Waals surface area contributed by atoms with Crippen LogP contribution in [-0.2, 0) is 6.54 Å². The molecule has 0 unspecified atom stereocenters. The van der Waals surface area contributed by atoms with E-state index in [4.69, 9.17) is 0 Å². The lowest BCUT2D eigenvalue weighted by atomic mass is 10.3. The van der Waals surface area contributed by atoms with Crippen molar-refractivity contribution >= 4 is 0 Å². The van der Waals surface area contributed by atoms with Crippen LogP contribution < -0.4 is 5.32 Å². The summed E-state index contributed by atoms with van der Waals surface area (Å²) in [5, 5.41) is 7.34. The minimum atomic E-state index is -1.47. The maximum Gasteiger partial charge on any atom is 0.194 e. The molecule has 0 aliphatic heterocycles. The summed E-state index contributed by atoms with van der Waals surface area (Å²) < 4.78 is 40.4. The summed E-state index contributed by atoms with van der Waals surface area (Å²) in [6, 6.07) is 3.86. The van der Waals surface area contributed by atoms with Crippen molar-refractivity contribution in [2.24, 2.45) is 0 Å². The third-order valence-corrected chi connectivity index (χ3v) is 2.57. The molecule has 0 radical (unpaired) electrons. The van der Waals surface area contributed by atoms with Gasteiger partial charge in [0.2, 0.25) is 0 Å². The molecular formula is C13H14F3N3. The van der Waals surface area contributed by atoms with Gasteiger partial charge in [0.15, 0.2) is 17.5 Å². The first kappa shape index (κ1) is 13.6. The molecule has 0 saturated heterocycles. The van der Waals surface area contributed by atoms with Gasteiger partial charge in [-0.05, 0) is 6.07 Å². The highest BCUT2D eigenvalue weighted by molar-refractivity contribution is 5.33. The topological polar surface area (TPSA) is 29.9 Å². The molecular weight excluding hydrogens is 255 g/mol. The predicted molar refractivity (Wildman–Crippen MR) is 65.4 cm³/mol. The van der Waals surface area contributed by atoms with Crippen molar-refractivity contribution < 1.29 is 13.2 Å². The molecule has 19 heavy (non-hydrogen) atoms. The van der Waals surface area contributed by atoms with Crippen molar-refractivity contribution in [1.82, 2.24) is 15.1 Å². The molecule has 2 aromatic rings. The standard InChI is InChI=1S/C13H14F3N3/c1-8(2)17-7-9-3-4-19(18-9)10-5-11(14)13(16)12(15)6-10/h3-6,8,17H,7H2,1-2H3. The number of hydrogen-bond donors (Lipinski definition) is 1. The Hall–Kier alpha value is -1.82. The summed E-state index contributed by atoms with van der Waals surface area (Å²) in [6.45, 7) is 4.56. The van der Waals surface area contributed by atoms with Crippen molar-refractivity contribution in [2.75, 3.05) is 0 Å². The maximum absolute atomic E-state index is 13.1. The Kier molecular flexibility index (Phi) is 3.90. The summed E-state index contributed by atoms with van der Waals surface area (Å²) in [4.78, 5) is 0. The molecule has 1 heterocycles. The van der Waals surface area contributed by atoms with Crippen LogP contribution in [0.1, 0.15) is 19.5 Å². The van der Waals surface area contributed by atoms with E-state index >= 15 is 0 Å². The number of rotatable bonds is 4. The van der Waals surface area contributed by atoms with Gasteiger partial charge in [0.05, 0.1) is 11.4 Å². The quantitative estimate of drug-likeness (QED) is 0.865. The molecule has 2 rings (SSSR count). The molecule has 3 nitrogen and oxygen atoms in total. The summed E-state index contributed by atoms with van der Waals surface area (Å²) in [7, 11) is 0. The second kappa shape index (κ2) is 5.44. The Labute approximate surface area is 109 Å². The monoisotopic (exact) mass is 269 g/mol. The van der Waals surface area contributed by atoms with Crippen LogP contribution in [0.3, 0.4) is 0 Å². The second-order valence-electron chi connectivity index (χ2n) is 4.51. The van der Waals surface area contributed by atoms with Crippen LogP contribution in [0.4, 0.5) is 13.2 Å². The summed E-state index contributed by atoms with van der Waals surface area (Å²) in [5.74, 6) is -3.93. The highest BCUT2D eigenvalue weighted by Gasteiger charge is 2.12. The second-order valence-corrected chi connectivity index (χ2v) is 4.51. The largest absolute Gasteiger partial charge is 0.309 e. The summed E-state index contributed by atoms with van der Waals surface area (Å²) in [6.07, 6.45) is 1.57. The molecule has 1 N–H and O–H groups in total. The highest BCUT2D eigenvalue weighted by atomic mass is 19.2. The number of nitrogens with one attached hydrogen (secondary N) is 1. The van der Waals surface area contributed by atoms with E-state index < -0.39 is 17.5 Å². The van der Waals surface area contributed by atoms with Gasteiger partial charge in [-0.2, -0.15) is 5.10 Å². The van der Waals surface area contributed by atoms with E-state index in [0.29, 0.717) is 12.6 Å². The minimum absolute atomic E-state index is 0.146. The first-order valence-electron chi connectivity index (χ1n) is 5.90. The Morgan fingerprint density at radius 3 is 2.42 bits per heavy atom. The zero-order chi connectivity index (χ0) is 14.0. The van der Waals surface area contributed by atoms with Crippen LogP contribution in [0.5, 0.6) is 0 Å². The van der Waals surface area contributed by atoms with Gasteiger partial charge in [-0.3, -0.25) is 0 Å². The highest BCUT2D eigenvalue weighted by Crippen LogP contribution is 2.16. The van der Waals surface area contributed by atoms with Crippen molar-refractivity contribution in [3.05, 3.63) is 47.5 Å². The van der Waals surface area contributed by atoms with Crippen molar-refractivity contribution in [1.29, 1.82) is 0 Å². The average molecular weight is 269 g/mol. The first-order valence-corrected chi connectivity index (χ1v) is 5.90. The van der Waals surface area contributed by atoms with Gasteiger partial charge < -0.3 is 5.32 Å². The molecule has 102 valence electrons. The lowest BCUT2D eigenvalue weighted by Crippen LogP contribution is -2.22. The number of nitrogens with zero attached hydrogens (tertiary/aromatic N) is 2. The third kappa shape index (κ3) is 3.14. The fourth-order valence-corrected chi connectivity index (χ4v) is 1.58. The lowest BCUT2D eigenvalue weighted by molar-refractivity contribution is 0.446. The zero-order valence-electron chi connectivity index (χ0n) is 10.6. The number of halogens is 3. The Balaban J connectivity index is 2.23. The number of aromatic nitrogens is 2. The van der Waals surface area contributed by atoms with E-state index in [2.05, 4.69) is 10.4 Å². The first-order chi connectivity index (χ1) is 8.97. The normalized spacial score (nSPS) is 11.3. The Morgan fingerprint density at radius 1 is 1.21 bits per heavy atom. The SMILES string of the molecule is CC(C)NCc1ccn(-c2cc(F)c(F)c(F)c2)n1. The molecule has 6 heteroatoms. The van der Waals surface area contributed by atoms with Crippen LogP contribution in [0, 0.1) is 17.5 Å². The van der Waals surface area contributed by atoms with Crippen LogP contribution in [0.2, 0.25) is 0 Å². The summed E-state index contributed by atoms with van der Waals surface area (Å²) in [5.41, 5.74) is 0.881. The summed E-state index contributed by atoms with van der Waals surface area (Å²) >= 11 is 0. The van der Waals surface area contributed by atoms with Gasteiger partial charge in [-0.1, -0.05) is 13.8 Å². The fraction of sp³-hybridized carbons (Fsp3) is 0.308. The van der Waals surface area contributed by atoms with E-state index in [-0.39, 0.29) is 5.69 Å². The fourth-order valence-electron chi connectivity index (χ4n) is 1.58. The third-order valence-electron chi connectivity index (χ3n) is 2.57. The van der Waals surface area contributed by atoms with E-state index in [1.165, 1.54) is 4.68 Å². The van der Waals surface area contributed by atoms with Gasteiger partial charge in [-0.25, -0.2) is 17.9 Å². The van der Waals surface area contributed by atoms with Crippen LogP contribution >= 0.6 is 0 Å². The van der Waals surface area contributed by atoms with Gasteiger partial charge in [0.25, 0.3) is 0 Å². The van der Waals surface area contributed by atoms with E-state index in [1.54, 1.807) is 12.3 Å². The van der Waals surface area contributed by atoms with Crippen LogP contribution in [0.25, 0.3) is 5.69 Å². The predicted octanol–water partition coefficient (Wildman–Crippen LogP) is 2.79. The average Bonchev–Trinajstić information content (AvgIpc) is 2.81. The molecule has 0 amide bonds.